The van der Waals surface area contributed by atoms with Gasteiger partial charge in [-0.3, -0.25) is 0 Å². The summed E-state index contributed by atoms with van der Waals surface area (Å²) in [5, 5.41) is 7.25. The van der Waals surface area contributed by atoms with E-state index in [1.54, 1.807) is 0 Å². The molecule has 15 heavy (non-hydrogen) atoms. The Morgan fingerprint density at radius 2 is 2.07 bits per heavy atom. The summed E-state index contributed by atoms with van der Waals surface area (Å²) < 4.78 is 0. The Balaban J connectivity index is 1.54. The zero-order valence-corrected chi connectivity index (χ0v) is 10.1. The smallest absolute Gasteiger partial charge is 0.0192 e. The topological polar surface area (TPSA) is 24.1 Å². The van der Waals surface area contributed by atoms with Crippen molar-refractivity contribution in [1.82, 2.24) is 10.6 Å². The number of rotatable bonds is 4. The van der Waals surface area contributed by atoms with Crippen LogP contribution in [0.4, 0.5) is 0 Å². The summed E-state index contributed by atoms with van der Waals surface area (Å²) in [6, 6.07) is 0.748. The highest BCUT2D eigenvalue weighted by molar-refractivity contribution is 4.78. The zero-order chi connectivity index (χ0) is 10.5. The molecular weight excluding hydrogens is 184 g/mol. The lowest BCUT2D eigenvalue weighted by Crippen LogP contribution is -2.42. The first kappa shape index (κ1) is 11.4. The summed E-state index contributed by atoms with van der Waals surface area (Å²) in [6.07, 6.45) is 8.51. The van der Waals surface area contributed by atoms with Gasteiger partial charge in [0.05, 0.1) is 0 Å². The van der Waals surface area contributed by atoms with Gasteiger partial charge in [-0.15, -0.1) is 0 Å². The third-order valence-electron chi connectivity index (χ3n) is 4.04. The first-order valence-corrected chi connectivity index (χ1v) is 6.78. The molecule has 0 bridgehead atoms. The van der Waals surface area contributed by atoms with Crippen LogP contribution in [0.2, 0.25) is 0 Å². The van der Waals surface area contributed by atoms with Crippen molar-refractivity contribution in [2.75, 3.05) is 19.6 Å². The van der Waals surface area contributed by atoms with Crippen molar-refractivity contribution in [2.45, 2.75) is 51.5 Å². The monoisotopic (exact) mass is 210 g/mol. The van der Waals surface area contributed by atoms with E-state index in [0.29, 0.717) is 0 Å². The molecule has 1 saturated heterocycles. The fourth-order valence-electron chi connectivity index (χ4n) is 3.07. The molecule has 0 amide bonds. The van der Waals surface area contributed by atoms with Crippen LogP contribution in [0, 0.1) is 11.8 Å². The largest absolute Gasteiger partial charge is 0.315 e. The van der Waals surface area contributed by atoms with Crippen LogP contribution < -0.4 is 10.6 Å². The quantitative estimate of drug-likeness (QED) is 0.743. The molecule has 2 N–H and O–H groups in total. The van der Waals surface area contributed by atoms with Crippen molar-refractivity contribution >= 4 is 0 Å². The lowest BCUT2D eigenvalue weighted by atomic mass is 10.0. The van der Waals surface area contributed by atoms with E-state index in [4.69, 9.17) is 0 Å². The van der Waals surface area contributed by atoms with Crippen molar-refractivity contribution in [3.8, 4) is 0 Å². The summed E-state index contributed by atoms with van der Waals surface area (Å²) in [5.74, 6) is 1.94. The molecule has 2 heteroatoms. The van der Waals surface area contributed by atoms with Gasteiger partial charge in [0, 0.05) is 12.6 Å². The highest BCUT2D eigenvalue weighted by Gasteiger charge is 2.21. The average Bonchev–Trinajstić information content (AvgIpc) is 2.66. The summed E-state index contributed by atoms with van der Waals surface area (Å²) >= 11 is 0. The van der Waals surface area contributed by atoms with Crippen molar-refractivity contribution in [3.05, 3.63) is 0 Å². The predicted octanol–water partition coefficient (Wildman–Crippen LogP) is 2.15. The maximum Gasteiger partial charge on any atom is 0.0192 e. The van der Waals surface area contributed by atoms with Crippen LogP contribution in [-0.4, -0.2) is 25.7 Å². The fraction of sp³-hybridized carbons (Fsp3) is 1.00. The molecule has 2 nitrogen and oxygen atoms in total. The molecule has 1 heterocycles. The number of hydrogen-bond donors (Lipinski definition) is 2. The van der Waals surface area contributed by atoms with Crippen LogP contribution in [-0.2, 0) is 0 Å². The van der Waals surface area contributed by atoms with Crippen molar-refractivity contribution in [3.63, 3.8) is 0 Å². The Bertz CT molecular complexity index is 171. The van der Waals surface area contributed by atoms with E-state index in [-0.39, 0.29) is 0 Å². The SMILES string of the molecule is CC1CCC(CNCC2CCCCN2)C1. The standard InChI is InChI=1S/C13H26N2/c1-11-5-6-12(8-11)9-14-10-13-4-2-3-7-15-13/h11-15H,2-10H2,1H3. The first-order chi connectivity index (χ1) is 7.34. The van der Waals surface area contributed by atoms with Gasteiger partial charge in [-0.05, 0) is 50.6 Å². The average molecular weight is 210 g/mol. The number of piperidine rings is 1. The normalized spacial score (nSPS) is 37.0. The highest BCUT2D eigenvalue weighted by Crippen LogP contribution is 2.29. The van der Waals surface area contributed by atoms with Crippen molar-refractivity contribution in [2.24, 2.45) is 11.8 Å². The molecular formula is C13H26N2. The second-order valence-corrected chi connectivity index (χ2v) is 5.59. The minimum Gasteiger partial charge on any atom is -0.315 e. The third kappa shape index (κ3) is 3.76. The van der Waals surface area contributed by atoms with Gasteiger partial charge in [-0.25, -0.2) is 0 Å². The zero-order valence-electron chi connectivity index (χ0n) is 10.1. The molecule has 0 aromatic carbocycles. The lowest BCUT2D eigenvalue weighted by molar-refractivity contribution is 0.368. The Kier molecular flexibility index (Phi) is 4.45. The van der Waals surface area contributed by atoms with E-state index in [2.05, 4.69) is 17.6 Å². The van der Waals surface area contributed by atoms with Gasteiger partial charge in [0.1, 0.15) is 0 Å². The molecule has 88 valence electrons. The maximum absolute atomic E-state index is 3.66. The van der Waals surface area contributed by atoms with Crippen LogP contribution in [0.3, 0.4) is 0 Å². The molecule has 0 aromatic rings. The van der Waals surface area contributed by atoms with Gasteiger partial charge in [0.15, 0.2) is 0 Å². The Morgan fingerprint density at radius 1 is 1.13 bits per heavy atom. The van der Waals surface area contributed by atoms with Crippen LogP contribution in [0.25, 0.3) is 0 Å². The van der Waals surface area contributed by atoms with E-state index < -0.39 is 0 Å². The first-order valence-electron chi connectivity index (χ1n) is 6.78. The fourth-order valence-corrected chi connectivity index (χ4v) is 3.07. The number of hydrogen-bond acceptors (Lipinski definition) is 2. The Morgan fingerprint density at radius 3 is 2.73 bits per heavy atom. The second-order valence-electron chi connectivity index (χ2n) is 5.59. The van der Waals surface area contributed by atoms with E-state index in [1.165, 1.54) is 58.2 Å². The van der Waals surface area contributed by atoms with Gasteiger partial charge in [-0.1, -0.05) is 19.8 Å². The second kappa shape index (κ2) is 5.86. The van der Waals surface area contributed by atoms with Crippen molar-refractivity contribution in [1.29, 1.82) is 0 Å². The molecule has 1 saturated carbocycles. The van der Waals surface area contributed by atoms with Gasteiger partial charge in [0.25, 0.3) is 0 Å². The van der Waals surface area contributed by atoms with E-state index in [1.807, 2.05) is 0 Å². The molecule has 1 aliphatic heterocycles. The summed E-state index contributed by atoms with van der Waals surface area (Å²) in [5.41, 5.74) is 0. The van der Waals surface area contributed by atoms with E-state index in [0.717, 1.165) is 17.9 Å². The Hall–Kier alpha value is -0.0800. The van der Waals surface area contributed by atoms with Crippen LogP contribution >= 0.6 is 0 Å². The molecule has 3 unspecified atom stereocenters. The van der Waals surface area contributed by atoms with Crippen LogP contribution in [0.1, 0.15) is 45.4 Å². The predicted molar refractivity (Wildman–Crippen MR) is 65.0 cm³/mol. The Labute approximate surface area is 94.2 Å². The molecule has 3 atom stereocenters. The summed E-state index contributed by atoms with van der Waals surface area (Å²) in [6.45, 7) is 6.06. The minimum atomic E-state index is 0.748. The maximum atomic E-state index is 3.66. The lowest BCUT2D eigenvalue weighted by Gasteiger charge is -2.24. The number of nitrogens with one attached hydrogen (secondary N) is 2. The van der Waals surface area contributed by atoms with Gasteiger partial charge in [0.2, 0.25) is 0 Å². The molecule has 0 radical (unpaired) electrons. The van der Waals surface area contributed by atoms with Crippen LogP contribution in [0.5, 0.6) is 0 Å². The van der Waals surface area contributed by atoms with E-state index in [9.17, 15) is 0 Å². The molecule has 0 spiro atoms. The van der Waals surface area contributed by atoms with E-state index >= 15 is 0 Å². The van der Waals surface area contributed by atoms with Gasteiger partial charge < -0.3 is 10.6 Å². The summed E-state index contributed by atoms with van der Waals surface area (Å²) in [7, 11) is 0. The van der Waals surface area contributed by atoms with Gasteiger partial charge >= 0.3 is 0 Å². The highest BCUT2D eigenvalue weighted by atomic mass is 15.0. The molecule has 2 rings (SSSR count). The third-order valence-corrected chi connectivity index (χ3v) is 4.04. The van der Waals surface area contributed by atoms with Crippen LogP contribution in [0.15, 0.2) is 0 Å². The molecule has 2 fully saturated rings. The summed E-state index contributed by atoms with van der Waals surface area (Å²) in [4.78, 5) is 0. The van der Waals surface area contributed by atoms with Crippen molar-refractivity contribution < 1.29 is 0 Å². The van der Waals surface area contributed by atoms with Gasteiger partial charge in [-0.2, -0.15) is 0 Å². The molecule has 0 aromatic heterocycles. The molecule has 2 aliphatic rings. The minimum absolute atomic E-state index is 0.748. The molecule has 1 aliphatic carbocycles.